The lowest BCUT2D eigenvalue weighted by molar-refractivity contribution is 0.251. The predicted molar refractivity (Wildman–Crippen MR) is 94.7 cm³/mol. The minimum absolute atomic E-state index is 0.258. The molecule has 1 aliphatic carbocycles. The summed E-state index contributed by atoms with van der Waals surface area (Å²) >= 11 is 3.58. The molecular formula is C16H23N3OS2. The molecule has 0 spiro atoms. The molecule has 2 aliphatic heterocycles. The van der Waals surface area contributed by atoms with Crippen molar-refractivity contribution in [3.63, 3.8) is 0 Å². The molecule has 1 fully saturated rings. The topological polar surface area (TPSA) is 60.9 Å². The van der Waals surface area contributed by atoms with Gasteiger partial charge in [-0.1, -0.05) is 26.2 Å². The van der Waals surface area contributed by atoms with Crippen molar-refractivity contribution in [1.29, 1.82) is 0 Å². The number of imidazole rings is 1. The first-order chi connectivity index (χ1) is 10.4. The zero-order chi connectivity index (χ0) is 15.9. The molecule has 2 N–H and O–H groups in total. The lowest BCUT2D eigenvalue weighted by Gasteiger charge is -2.33. The smallest absolute Gasteiger partial charge is 0.354 e. The SMILES string of the molecule is Cc1sc(SCC2(C)CCCCC2)c2c(N)nc(=O)n-2c1C. The molecule has 22 heavy (non-hydrogen) atoms. The van der Waals surface area contributed by atoms with E-state index in [4.69, 9.17) is 5.73 Å². The normalized spacial score (nSPS) is 18.0. The number of nitrogen functional groups attached to an aromatic ring is 1. The van der Waals surface area contributed by atoms with Crippen molar-refractivity contribution in [2.45, 2.75) is 57.1 Å². The fourth-order valence-electron chi connectivity index (χ4n) is 3.23. The van der Waals surface area contributed by atoms with Crippen LogP contribution in [-0.2, 0) is 0 Å². The van der Waals surface area contributed by atoms with Crippen LogP contribution in [0.5, 0.6) is 0 Å². The van der Waals surface area contributed by atoms with Crippen molar-refractivity contribution in [1.82, 2.24) is 9.55 Å². The third-order valence-electron chi connectivity index (χ3n) is 4.77. The van der Waals surface area contributed by atoms with E-state index in [-0.39, 0.29) is 5.69 Å². The minimum Gasteiger partial charge on any atom is -0.382 e. The van der Waals surface area contributed by atoms with Crippen LogP contribution in [0.25, 0.3) is 5.69 Å². The monoisotopic (exact) mass is 337 g/mol. The Hall–Kier alpha value is -1.01. The zero-order valence-electron chi connectivity index (χ0n) is 13.4. The molecule has 4 nitrogen and oxygen atoms in total. The summed E-state index contributed by atoms with van der Waals surface area (Å²) in [5.41, 5.74) is 7.90. The summed E-state index contributed by atoms with van der Waals surface area (Å²) in [4.78, 5) is 17.2. The number of nitrogens with zero attached hydrogens (tertiary/aromatic N) is 2. The van der Waals surface area contributed by atoms with Crippen LogP contribution in [0.4, 0.5) is 5.82 Å². The lowest BCUT2D eigenvalue weighted by Crippen LogP contribution is -2.23. The predicted octanol–water partition coefficient (Wildman–Crippen LogP) is 3.99. The van der Waals surface area contributed by atoms with E-state index in [1.54, 1.807) is 15.9 Å². The molecule has 0 aromatic carbocycles. The third-order valence-corrected chi connectivity index (χ3v) is 7.65. The van der Waals surface area contributed by atoms with Gasteiger partial charge in [-0.3, -0.25) is 4.57 Å². The van der Waals surface area contributed by atoms with E-state index in [2.05, 4.69) is 18.8 Å². The second kappa shape index (κ2) is 5.89. The van der Waals surface area contributed by atoms with Crippen molar-refractivity contribution >= 4 is 28.9 Å². The first-order valence-electron chi connectivity index (χ1n) is 7.82. The molecule has 0 atom stereocenters. The van der Waals surface area contributed by atoms with Crippen LogP contribution in [0.1, 0.15) is 49.6 Å². The van der Waals surface area contributed by atoms with Crippen molar-refractivity contribution in [3.05, 3.63) is 21.1 Å². The van der Waals surface area contributed by atoms with Crippen LogP contribution in [0, 0.1) is 19.3 Å². The van der Waals surface area contributed by atoms with Crippen LogP contribution in [0.3, 0.4) is 0 Å². The number of fused-ring (bicyclic) bond motifs is 1. The van der Waals surface area contributed by atoms with Gasteiger partial charge in [0.25, 0.3) is 0 Å². The maximum atomic E-state index is 12.1. The minimum atomic E-state index is -0.258. The molecule has 0 unspecified atom stereocenters. The van der Waals surface area contributed by atoms with E-state index in [0.717, 1.165) is 26.2 Å². The molecule has 3 rings (SSSR count). The van der Waals surface area contributed by atoms with E-state index in [1.807, 2.05) is 18.7 Å². The van der Waals surface area contributed by atoms with Gasteiger partial charge in [0.05, 0.1) is 4.21 Å². The molecule has 0 amide bonds. The first-order valence-corrected chi connectivity index (χ1v) is 9.62. The van der Waals surface area contributed by atoms with Gasteiger partial charge >= 0.3 is 5.69 Å². The van der Waals surface area contributed by atoms with Crippen LogP contribution in [0.2, 0.25) is 0 Å². The fourth-order valence-corrected chi connectivity index (χ4v) is 5.93. The quantitative estimate of drug-likeness (QED) is 0.860. The van der Waals surface area contributed by atoms with Gasteiger partial charge in [-0.05, 0) is 32.1 Å². The molecule has 120 valence electrons. The Morgan fingerprint density at radius 2 is 2.00 bits per heavy atom. The summed E-state index contributed by atoms with van der Waals surface area (Å²) in [6.45, 7) is 6.40. The fraction of sp³-hybridized carbons (Fsp3) is 0.625. The molecule has 3 aliphatic rings. The zero-order valence-corrected chi connectivity index (χ0v) is 15.1. The summed E-state index contributed by atoms with van der Waals surface area (Å²) < 4.78 is 2.80. The number of aromatic nitrogens is 2. The molecule has 0 aromatic rings. The van der Waals surface area contributed by atoms with E-state index in [0.29, 0.717) is 11.2 Å². The number of aryl methyl sites for hydroxylation is 1. The van der Waals surface area contributed by atoms with Gasteiger partial charge in [-0.2, -0.15) is 4.98 Å². The van der Waals surface area contributed by atoms with Crippen molar-refractivity contribution in [2.24, 2.45) is 5.41 Å². The first kappa shape index (κ1) is 15.9. The molecule has 0 radical (unpaired) electrons. The summed E-state index contributed by atoms with van der Waals surface area (Å²) in [7, 11) is 0. The summed E-state index contributed by atoms with van der Waals surface area (Å²) in [5.74, 6) is 1.45. The molecule has 0 aromatic heterocycles. The Bertz CT molecular complexity index is 713. The van der Waals surface area contributed by atoms with Gasteiger partial charge in [0.1, 0.15) is 5.69 Å². The number of hydrogen-bond acceptors (Lipinski definition) is 5. The number of anilines is 1. The number of rotatable bonds is 3. The largest absolute Gasteiger partial charge is 0.382 e. The Morgan fingerprint density at radius 1 is 1.32 bits per heavy atom. The van der Waals surface area contributed by atoms with E-state index in [1.165, 1.54) is 32.1 Å². The van der Waals surface area contributed by atoms with Gasteiger partial charge in [-0.15, -0.1) is 23.1 Å². The van der Waals surface area contributed by atoms with Crippen LogP contribution >= 0.6 is 23.1 Å². The molecule has 0 bridgehead atoms. The Labute approximate surface area is 139 Å². The number of hydrogen-bond donors (Lipinski definition) is 1. The maximum absolute atomic E-state index is 12.1. The van der Waals surface area contributed by atoms with E-state index < -0.39 is 0 Å². The van der Waals surface area contributed by atoms with Crippen molar-refractivity contribution in [2.75, 3.05) is 11.5 Å². The van der Waals surface area contributed by atoms with Gasteiger partial charge < -0.3 is 5.73 Å². The van der Waals surface area contributed by atoms with Crippen LogP contribution < -0.4 is 11.4 Å². The standard InChI is InChI=1S/C16H23N3OS2/c1-10-11(2)22-14(12-13(17)18-15(20)19(10)12)21-9-16(3)7-5-4-6-8-16/h4-9H2,1-3H3,(H2,17,18,20). The second-order valence-electron chi connectivity index (χ2n) is 6.65. The second-order valence-corrected chi connectivity index (χ2v) is 9.12. The van der Waals surface area contributed by atoms with Crippen LogP contribution in [0.15, 0.2) is 9.00 Å². The van der Waals surface area contributed by atoms with Gasteiger partial charge in [0.2, 0.25) is 0 Å². The van der Waals surface area contributed by atoms with Gasteiger partial charge in [-0.25, -0.2) is 4.79 Å². The molecule has 6 heteroatoms. The molecular weight excluding hydrogens is 314 g/mol. The van der Waals surface area contributed by atoms with Gasteiger partial charge in [0.15, 0.2) is 5.82 Å². The average molecular weight is 338 g/mol. The molecule has 1 saturated carbocycles. The third kappa shape index (κ3) is 2.78. The average Bonchev–Trinajstić information content (AvgIpc) is 2.77. The molecule has 0 saturated heterocycles. The number of nitrogens with two attached hydrogens (primary N) is 1. The summed E-state index contributed by atoms with van der Waals surface area (Å²) in [5, 5.41) is 0. The highest BCUT2D eigenvalue weighted by Gasteiger charge is 2.29. The number of thioether (sulfide) groups is 1. The highest BCUT2D eigenvalue weighted by molar-refractivity contribution is 8.01. The lowest BCUT2D eigenvalue weighted by atomic mass is 9.77. The highest BCUT2D eigenvalue weighted by Crippen LogP contribution is 2.44. The Kier molecular flexibility index (Phi) is 4.25. The van der Waals surface area contributed by atoms with E-state index in [9.17, 15) is 4.79 Å². The van der Waals surface area contributed by atoms with E-state index >= 15 is 0 Å². The summed E-state index contributed by atoms with van der Waals surface area (Å²) in [6, 6.07) is 0. The van der Waals surface area contributed by atoms with Crippen molar-refractivity contribution in [3.8, 4) is 5.69 Å². The Balaban J connectivity index is 1.93. The highest BCUT2D eigenvalue weighted by atomic mass is 32.2. The van der Waals surface area contributed by atoms with Gasteiger partial charge in [0, 0.05) is 16.3 Å². The van der Waals surface area contributed by atoms with Crippen LogP contribution in [-0.4, -0.2) is 15.3 Å². The van der Waals surface area contributed by atoms with Crippen molar-refractivity contribution < 1.29 is 0 Å². The maximum Gasteiger partial charge on any atom is 0.354 e. The Morgan fingerprint density at radius 3 is 2.68 bits per heavy atom. The summed E-state index contributed by atoms with van der Waals surface area (Å²) in [6.07, 6.45) is 6.64. The molecule has 2 heterocycles.